The van der Waals surface area contributed by atoms with E-state index in [2.05, 4.69) is 48.0 Å². The third-order valence-electron chi connectivity index (χ3n) is 5.39. The van der Waals surface area contributed by atoms with E-state index < -0.39 is 0 Å². The second kappa shape index (κ2) is 7.82. The van der Waals surface area contributed by atoms with Crippen molar-refractivity contribution < 1.29 is 0 Å². The van der Waals surface area contributed by atoms with Gasteiger partial charge in [-0.1, -0.05) is 36.3 Å². The van der Waals surface area contributed by atoms with Crippen LogP contribution >= 0.6 is 0 Å². The van der Waals surface area contributed by atoms with Crippen LogP contribution in [0.1, 0.15) is 50.2 Å². The average molecular weight is 298 g/mol. The van der Waals surface area contributed by atoms with Crippen LogP contribution in [-0.4, -0.2) is 13.1 Å². The normalized spacial score (nSPS) is 20.7. The van der Waals surface area contributed by atoms with Crippen LogP contribution in [-0.2, 0) is 13.0 Å². The van der Waals surface area contributed by atoms with E-state index in [0.29, 0.717) is 0 Å². The van der Waals surface area contributed by atoms with Crippen LogP contribution in [0.15, 0.2) is 36.0 Å². The maximum absolute atomic E-state index is 3.48. The fourth-order valence-corrected chi connectivity index (χ4v) is 3.52. The van der Waals surface area contributed by atoms with Gasteiger partial charge in [0.1, 0.15) is 0 Å². The van der Waals surface area contributed by atoms with E-state index in [0.717, 1.165) is 18.4 Å². The van der Waals surface area contributed by atoms with Crippen LogP contribution in [0.25, 0.3) is 0 Å². The van der Waals surface area contributed by atoms with Crippen LogP contribution < -0.4 is 10.6 Å². The molecule has 0 radical (unpaired) electrons. The molecule has 2 fully saturated rings. The van der Waals surface area contributed by atoms with E-state index in [1.807, 2.05) is 0 Å². The van der Waals surface area contributed by atoms with Crippen molar-refractivity contribution in [3.05, 3.63) is 47.2 Å². The van der Waals surface area contributed by atoms with Gasteiger partial charge in [0, 0.05) is 6.54 Å². The summed E-state index contributed by atoms with van der Waals surface area (Å²) < 4.78 is 0. The number of hydrogen-bond donors (Lipinski definition) is 2. The molecule has 1 heterocycles. The topological polar surface area (TPSA) is 24.1 Å². The van der Waals surface area contributed by atoms with E-state index in [1.165, 1.54) is 68.3 Å². The zero-order valence-electron chi connectivity index (χ0n) is 13.9. The Morgan fingerprint density at radius 2 is 1.77 bits per heavy atom. The Bertz CT molecular complexity index is 479. The van der Waals surface area contributed by atoms with E-state index in [1.54, 1.807) is 0 Å². The fraction of sp³-hybridized carbons (Fsp3) is 0.600. The molecule has 1 aromatic carbocycles. The highest BCUT2D eigenvalue weighted by Crippen LogP contribution is 2.32. The molecule has 3 rings (SSSR count). The lowest BCUT2D eigenvalue weighted by atomic mass is 9.81. The van der Waals surface area contributed by atoms with Crippen LogP contribution in [0.5, 0.6) is 0 Å². The Morgan fingerprint density at radius 3 is 2.41 bits per heavy atom. The maximum atomic E-state index is 3.48. The molecule has 2 aliphatic rings. The lowest BCUT2D eigenvalue weighted by Crippen LogP contribution is -2.28. The minimum Gasteiger partial charge on any atom is -0.387 e. The van der Waals surface area contributed by atoms with Gasteiger partial charge in [-0.15, -0.1) is 0 Å². The summed E-state index contributed by atoms with van der Waals surface area (Å²) in [6.45, 7) is 5.59. The summed E-state index contributed by atoms with van der Waals surface area (Å²) in [6, 6.07) is 9.22. The number of benzene rings is 1. The number of piperidine rings is 1. The monoisotopic (exact) mass is 298 g/mol. The molecule has 0 amide bonds. The number of rotatable bonds is 6. The molecule has 0 unspecified atom stereocenters. The molecule has 1 saturated heterocycles. The molecule has 0 aromatic heterocycles. The molecule has 2 N–H and O–H groups in total. The Labute approximate surface area is 135 Å². The van der Waals surface area contributed by atoms with E-state index in [9.17, 15) is 0 Å². The summed E-state index contributed by atoms with van der Waals surface area (Å²) in [5.74, 6) is 1.72. The fourth-order valence-electron chi connectivity index (χ4n) is 3.52. The largest absolute Gasteiger partial charge is 0.387 e. The van der Waals surface area contributed by atoms with E-state index in [-0.39, 0.29) is 0 Å². The second-order valence-electron chi connectivity index (χ2n) is 7.11. The molecule has 120 valence electrons. The lowest BCUT2D eigenvalue weighted by Gasteiger charge is -2.26. The predicted octanol–water partition coefficient (Wildman–Crippen LogP) is 4.02. The average Bonchev–Trinajstić information content (AvgIpc) is 2.48. The Hall–Kier alpha value is -1.28. The van der Waals surface area contributed by atoms with Crippen LogP contribution in [0.4, 0.5) is 0 Å². The molecule has 1 aliphatic carbocycles. The minimum absolute atomic E-state index is 0.847. The van der Waals surface area contributed by atoms with Gasteiger partial charge in [-0.25, -0.2) is 0 Å². The summed E-state index contributed by atoms with van der Waals surface area (Å²) in [7, 11) is 0. The van der Waals surface area contributed by atoms with Crippen molar-refractivity contribution in [2.75, 3.05) is 13.1 Å². The molecule has 1 aromatic rings. The third kappa shape index (κ3) is 4.36. The first kappa shape index (κ1) is 15.6. The highest BCUT2D eigenvalue weighted by atomic mass is 14.9. The van der Waals surface area contributed by atoms with Gasteiger partial charge >= 0.3 is 0 Å². The molecule has 2 nitrogen and oxygen atoms in total. The van der Waals surface area contributed by atoms with Gasteiger partial charge in [0.25, 0.3) is 0 Å². The minimum atomic E-state index is 0.847. The van der Waals surface area contributed by atoms with Gasteiger partial charge in [0.2, 0.25) is 0 Å². The first-order valence-corrected chi connectivity index (χ1v) is 9.00. The summed E-state index contributed by atoms with van der Waals surface area (Å²) in [5, 5.41) is 6.93. The van der Waals surface area contributed by atoms with Gasteiger partial charge in [0.05, 0.1) is 0 Å². The Kier molecular flexibility index (Phi) is 5.55. The molecule has 1 saturated carbocycles. The zero-order valence-corrected chi connectivity index (χ0v) is 13.9. The SMILES string of the molecule is C/C(=C\NCc1ccc(CC2CCNCC2)cc1)C1CCC1. The Morgan fingerprint density at radius 1 is 1.09 bits per heavy atom. The van der Waals surface area contributed by atoms with Crippen molar-refractivity contribution in [3.8, 4) is 0 Å². The molecular formula is C20H30N2. The summed E-state index contributed by atoms with van der Waals surface area (Å²) in [6.07, 6.45) is 10.3. The molecule has 22 heavy (non-hydrogen) atoms. The van der Waals surface area contributed by atoms with Crippen molar-refractivity contribution in [2.45, 2.75) is 52.0 Å². The van der Waals surface area contributed by atoms with Gasteiger partial charge < -0.3 is 10.6 Å². The van der Waals surface area contributed by atoms with Gasteiger partial charge in [-0.3, -0.25) is 0 Å². The van der Waals surface area contributed by atoms with Gasteiger partial charge in [0.15, 0.2) is 0 Å². The number of allylic oxidation sites excluding steroid dienone is 1. The summed E-state index contributed by atoms with van der Waals surface area (Å²) >= 11 is 0. The Balaban J connectivity index is 1.44. The smallest absolute Gasteiger partial charge is 0.0395 e. The third-order valence-corrected chi connectivity index (χ3v) is 5.39. The summed E-state index contributed by atoms with van der Waals surface area (Å²) in [4.78, 5) is 0. The molecular weight excluding hydrogens is 268 g/mol. The van der Waals surface area contributed by atoms with E-state index in [4.69, 9.17) is 0 Å². The van der Waals surface area contributed by atoms with Crippen molar-refractivity contribution >= 4 is 0 Å². The quantitative estimate of drug-likeness (QED) is 0.829. The first-order valence-electron chi connectivity index (χ1n) is 9.00. The summed E-state index contributed by atoms with van der Waals surface area (Å²) in [5.41, 5.74) is 4.40. The highest BCUT2D eigenvalue weighted by Gasteiger charge is 2.18. The zero-order chi connectivity index (χ0) is 15.2. The number of hydrogen-bond acceptors (Lipinski definition) is 2. The molecule has 2 heteroatoms. The molecule has 0 atom stereocenters. The van der Waals surface area contributed by atoms with Crippen LogP contribution in [0.2, 0.25) is 0 Å². The maximum Gasteiger partial charge on any atom is 0.0395 e. The van der Waals surface area contributed by atoms with Crippen molar-refractivity contribution in [3.63, 3.8) is 0 Å². The molecule has 0 spiro atoms. The van der Waals surface area contributed by atoms with Gasteiger partial charge in [-0.2, -0.15) is 0 Å². The predicted molar refractivity (Wildman–Crippen MR) is 93.7 cm³/mol. The highest BCUT2D eigenvalue weighted by molar-refractivity contribution is 5.23. The van der Waals surface area contributed by atoms with E-state index >= 15 is 0 Å². The van der Waals surface area contributed by atoms with Crippen LogP contribution in [0.3, 0.4) is 0 Å². The number of nitrogens with one attached hydrogen (secondary N) is 2. The first-order chi connectivity index (χ1) is 10.8. The van der Waals surface area contributed by atoms with Crippen LogP contribution in [0, 0.1) is 11.8 Å². The lowest BCUT2D eigenvalue weighted by molar-refractivity contribution is 0.366. The second-order valence-corrected chi connectivity index (χ2v) is 7.11. The van der Waals surface area contributed by atoms with Crippen molar-refractivity contribution in [1.29, 1.82) is 0 Å². The molecule has 0 bridgehead atoms. The standard InChI is InChI=1S/C20H30N2/c1-16(20-3-2-4-20)14-22-15-19-7-5-17(6-8-19)13-18-9-11-21-12-10-18/h5-8,14,18,20-22H,2-4,9-13,15H2,1H3/b16-14+. The van der Waals surface area contributed by atoms with Crippen molar-refractivity contribution in [1.82, 2.24) is 10.6 Å². The van der Waals surface area contributed by atoms with Crippen molar-refractivity contribution in [2.24, 2.45) is 11.8 Å². The molecule has 1 aliphatic heterocycles. The van der Waals surface area contributed by atoms with Gasteiger partial charge in [-0.05, 0) is 81.3 Å².